The number of hydrogen-bond acceptors (Lipinski definition) is 3. The summed E-state index contributed by atoms with van der Waals surface area (Å²) < 4.78 is 7.13. The van der Waals surface area contributed by atoms with Crippen LogP contribution in [0.1, 0.15) is 18.4 Å². The van der Waals surface area contributed by atoms with E-state index in [-0.39, 0.29) is 18.1 Å². The lowest BCUT2D eigenvalue weighted by molar-refractivity contribution is -0.928. The molecule has 0 aliphatic carbocycles. The van der Waals surface area contributed by atoms with Crippen molar-refractivity contribution in [3.05, 3.63) is 66.2 Å². The molecule has 142 valence electrons. The van der Waals surface area contributed by atoms with Crippen molar-refractivity contribution in [1.29, 1.82) is 0 Å². The third-order valence-electron chi connectivity index (χ3n) is 6.18. The third-order valence-corrected chi connectivity index (χ3v) is 6.18. The van der Waals surface area contributed by atoms with Crippen molar-refractivity contribution >= 4 is 11.7 Å². The first-order valence-corrected chi connectivity index (χ1v) is 10.0. The first kappa shape index (κ1) is 18.1. The summed E-state index contributed by atoms with van der Waals surface area (Å²) in [5.41, 5.74) is 2.08. The largest absolute Gasteiger partial charge is 0.455 e. The van der Waals surface area contributed by atoms with Crippen molar-refractivity contribution < 1.29 is 14.0 Å². The topological polar surface area (TPSA) is 38.3 Å². The van der Waals surface area contributed by atoms with E-state index in [9.17, 15) is 4.79 Å². The van der Waals surface area contributed by atoms with E-state index in [1.807, 2.05) is 48.5 Å². The predicted molar refractivity (Wildman–Crippen MR) is 107 cm³/mol. The van der Waals surface area contributed by atoms with Crippen LogP contribution in [0.25, 0.3) is 0 Å². The van der Waals surface area contributed by atoms with Gasteiger partial charge in [-0.1, -0.05) is 48.5 Å². The van der Waals surface area contributed by atoms with Crippen LogP contribution in [0.5, 0.6) is 0 Å². The molecule has 27 heavy (non-hydrogen) atoms. The van der Waals surface area contributed by atoms with Gasteiger partial charge >= 0.3 is 5.97 Å². The van der Waals surface area contributed by atoms with E-state index >= 15 is 0 Å². The molecule has 5 rings (SSSR count). The molecular weight excluding hydrogens is 336 g/mol. The number of fused-ring (bicyclic) bond motifs is 3. The summed E-state index contributed by atoms with van der Waals surface area (Å²) in [5, 5.41) is 3.39. The van der Waals surface area contributed by atoms with Crippen LogP contribution in [-0.2, 0) is 16.0 Å². The summed E-state index contributed by atoms with van der Waals surface area (Å²) in [4.78, 5) is 13.1. The Labute approximate surface area is 161 Å². The SMILES string of the molecule is C[N+]12CCC(CC1)C(OC(=O)C(Cc1ccccc1)Nc1ccccc1)C2. The van der Waals surface area contributed by atoms with Gasteiger partial charge in [-0.15, -0.1) is 0 Å². The van der Waals surface area contributed by atoms with E-state index in [0.29, 0.717) is 12.3 Å². The number of esters is 1. The van der Waals surface area contributed by atoms with Crippen molar-refractivity contribution in [3.63, 3.8) is 0 Å². The molecule has 2 bridgehead atoms. The number of hydrogen-bond donors (Lipinski definition) is 1. The van der Waals surface area contributed by atoms with Gasteiger partial charge in [-0.2, -0.15) is 0 Å². The number of carbonyl (C=O) groups excluding carboxylic acids is 1. The summed E-state index contributed by atoms with van der Waals surface area (Å²) in [6.45, 7) is 3.39. The number of piperidine rings is 3. The second kappa shape index (κ2) is 7.73. The highest BCUT2D eigenvalue weighted by Crippen LogP contribution is 2.34. The lowest BCUT2D eigenvalue weighted by Gasteiger charge is -2.49. The molecule has 2 aromatic carbocycles. The van der Waals surface area contributed by atoms with E-state index in [0.717, 1.165) is 22.3 Å². The second-order valence-corrected chi connectivity index (χ2v) is 8.31. The Morgan fingerprint density at radius 1 is 1.07 bits per heavy atom. The number of quaternary nitrogens is 1. The van der Waals surface area contributed by atoms with Gasteiger partial charge in [-0.05, 0) is 17.7 Å². The van der Waals surface area contributed by atoms with E-state index in [4.69, 9.17) is 4.74 Å². The number of carbonyl (C=O) groups is 1. The normalized spacial score (nSPS) is 27.7. The van der Waals surface area contributed by atoms with Gasteiger partial charge in [0.2, 0.25) is 0 Å². The van der Waals surface area contributed by atoms with Crippen LogP contribution < -0.4 is 5.32 Å². The lowest BCUT2D eigenvalue weighted by Crippen LogP contribution is -2.62. The minimum Gasteiger partial charge on any atom is -0.455 e. The highest BCUT2D eigenvalue weighted by molar-refractivity contribution is 5.80. The Hall–Kier alpha value is -2.33. The van der Waals surface area contributed by atoms with Gasteiger partial charge < -0.3 is 14.5 Å². The van der Waals surface area contributed by atoms with Crippen molar-refractivity contribution in [2.24, 2.45) is 5.92 Å². The average Bonchev–Trinajstić information content (AvgIpc) is 2.69. The summed E-state index contributed by atoms with van der Waals surface area (Å²) >= 11 is 0. The zero-order chi connectivity index (χ0) is 18.7. The fourth-order valence-corrected chi connectivity index (χ4v) is 4.49. The quantitative estimate of drug-likeness (QED) is 0.629. The van der Waals surface area contributed by atoms with Crippen LogP contribution in [0.4, 0.5) is 5.69 Å². The molecule has 2 aromatic rings. The predicted octanol–water partition coefficient (Wildman–Crippen LogP) is 3.49. The van der Waals surface area contributed by atoms with E-state index in [1.54, 1.807) is 0 Å². The Morgan fingerprint density at radius 3 is 2.33 bits per heavy atom. The zero-order valence-electron chi connectivity index (χ0n) is 16.0. The number of nitrogens with one attached hydrogen (secondary N) is 1. The Balaban J connectivity index is 1.48. The van der Waals surface area contributed by atoms with Crippen molar-refractivity contribution in [2.45, 2.75) is 31.4 Å². The molecule has 2 atom stereocenters. The van der Waals surface area contributed by atoms with Gasteiger partial charge in [0.05, 0.1) is 20.1 Å². The molecule has 0 radical (unpaired) electrons. The molecule has 3 fully saturated rings. The van der Waals surface area contributed by atoms with Crippen LogP contribution in [0.15, 0.2) is 60.7 Å². The van der Waals surface area contributed by atoms with Crippen molar-refractivity contribution in [3.8, 4) is 0 Å². The monoisotopic (exact) mass is 365 g/mol. The molecule has 0 aromatic heterocycles. The van der Waals surface area contributed by atoms with Gasteiger partial charge in [-0.25, -0.2) is 4.79 Å². The van der Waals surface area contributed by atoms with Crippen molar-refractivity contribution in [2.75, 3.05) is 32.0 Å². The lowest BCUT2D eigenvalue weighted by atomic mass is 9.84. The molecule has 0 amide bonds. The number of benzene rings is 2. The Bertz CT molecular complexity index is 713. The van der Waals surface area contributed by atoms with Crippen molar-refractivity contribution in [1.82, 2.24) is 0 Å². The van der Waals surface area contributed by atoms with Crippen LogP contribution >= 0.6 is 0 Å². The van der Waals surface area contributed by atoms with Gasteiger partial charge in [0.1, 0.15) is 12.6 Å². The Kier molecular flexibility index (Phi) is 5.17. The fourth-order valence-electron chi connectivity index (χ4n) is 4.49. The Morgan fingerprint density at radius 2 is 1.70 bits per heavy atom. The number of likely N-dealkylation sites (N-methyl/N-ethyl adjacent to an activating group) is 1. The zero-order valence-corrected chi connectivity index (χ0v) is 16.0. The van der Waals surface area contributed by atoms with Gasteiger partial charge in [0.25, 0.3) is 0 Å². The number of para-hydroxylation sites is 1. The molecule has 3 heterocycles. The molecule has 4 nitrogen and oxygen atoms in total. The first-order valence-electron chi connectivity index (χ1n) is 10.0. The molecular formula is C23H29N2O2+. The minimum absolute atomic E-state index is 0.0563. The average molecular weight is 365 g/mol. The van der Waals surface area contributed by atoms with Gasteiger partial charge in [-0.3, -0.25) is 0 Å². The number of rotatable bonds is 6. The summed E-state index contributed by atoms with van der Waals surface area (Å²) in [7, 11) is 2.29. The molecule has 3 saturated heterocycles. The van der Waals surface area contributed by atoms with E-state index in [1.165, 1.54) is 25.9 Å². The molecule has 3 aliphatic rings. The van der Waals surface area contributed by atoms with Gasteiger partial charge in [0.15, 0.2) is 6.10 Å². The maximum absolute atomic E-state index is 13.1. The molecule has 0 spiro atoms. The van der Waals surface area contributed by atoms with Gasteiger partial charge in [0, 0.05) is 30.9 Å². The third kappa shape index (κ3) is 4.33. The van der Waals surface area contributed by atoms with Crippen LogP contribution in [0.3, 0.4) is 0 Å². The maximum atomic E-state index is 13.1. The molecule has 1 N–H and O–H groups in total. The number of anilines is 1. The summed E-state index contributed by atoms with van der Waals surface area (Å²) in [5.74, 6) is 0.399. The standard InChI is InChI=1S/C23H29N2O2/c1-25-14-12-19(13-15-25)22(17-25)27-23(26)21(16-18-8-4-2-5-9-18)24-20-10-6-3-7-11-20/h2-11,19,21-22,24H,12-17H2,1H3/q+1. The smallest absolute Gasteiger partial charge is 0.329 e. The highest BCUT2D eigenvalue weighted by Gasteiger charge is 2.45. The van der Waals surface area contributed by atoms with E-state index in [2.05, 4.69) is 24.5 Å². The summed E-state index contributed by atoms with van der Waals surface area (Å²) in [6.07, 6.45) is 3.02. The number of nitrogens with zero attached hydrogens (tertiary/aromatic N) is 1. The molecule has 0 saturated carbocycles. The first-order chi connectivity index (χ1) is 13.1. The van der Waals surface area contributed by atoms with E-state index < -0.39 is 0 Å². The van der Waals surface area contributed by atoms with Crippen LogP contribution in [0.2, 0.25) is 0 Å². The molecule has 4 heteroatoms. The number of ether oxygens (including phenoxy) is 1. The molecule has 2 unspecified atom stereocenters. The fraction of sp³-hybridized carbons (Fsp3) is 0.435. The molecule has 3 aliphatic heterocycles. The summed E-state index contributed by atoms with van der Waals surface area (Å²) in [6, 6.07) is 19.7. The highest BCUT2D eigenvalue weighted by atomic mass is 16.5. The second-order valence-electron chi connectivity index (χ2n) is 8.31. The minimum atomic E-state index is -0.379. The van der Waals surface area contributed by atoms with Crippen LogP contribution in [0, 0.1) is 5.92 Å². The maximum Gasteiger partial charge on any atom is 0.329 e. The van der Waals surface area contributed by atoms with Crippen LogP contribution in [-0.4, -0.2) is 49.3 Å².